The van der Waals surface area contributed by atoms with Crippen LogP contribution in [0.5, 0.6) is 0 Å². The molecule has 1 heteroatoms. The summed E-state index contributed by atoms with van der Waals surface area (Å²) in [6.45, 7) is 3.36. The molecule has 1 aromatic rings. The molecule has 0 unspecified atom stereocenters. The van der Waals surface area contributed by atoms with E-state index in [1.54, 1.807) is 16.7 Å². The molecule has 0 bridgehead atoms. The van der Waals surface area contributed by atoms with E-state index in [0.29, 0.717) is 6.04 Å². The fourth-order valence-corrected chi connectivity index (χ4v) is 3.86. The van der Waals surface area contributed by atoms with Crippen LogP contribution < -0.4 is 5.32 Å². The number of allylic oxidation sites excluding steroid dienone is 4. The standard InChI is InChI=1S/C18H19N/c1-12-5-4-7-14-11-16-18-13(9-10-19-16)6-2-3-8-15(18)17(12)14/h2-7,16,19H,8-11H2,1H3/t16-/m1/s1. The first kappa shape index (κ1) is 11.2. The summed E-state index contributed by atoms with van der Waals surface area (Å²) in [7, 11) is 0. The van der Waals surface area contributed by atoms with E-state index in [0.717, 1.165) is 19.4 Å². The van der Waals surface area contributed by atoms with Crippen LogP contribution in [0.2, 0.25) is 0 Å². The van der Waals surface area contributed by atoms with E-state index in [9.17, 15) is 0 Å². The molecule has 4 rings (SSSR count). The third-order valence-electron chi connectivity index (χ3n) is 4.64. The molecule has 1 nitrogen and oxygen atoms in total. The number of hydrogen-bond donors (Lipinski definition) is 1. The number of rotatable bonds is 0. The molecule has 19 heavy (non-hydrogen) atoms. The van der Waals surface area contributed by atoms with Crippen LogP contribution in [0.25, 0.3) is 5.57 Å². The fraction of sp³-hybridized carbons (Fsp3) is 0.333. The Kier molecular flexibility index (Phi) is 2.49. The third kappa shape index (κ3) is 1.65. The molecule has 1 fully saturated rings. The Morgan fingerprint density at radius 2 is 2.21 bits per heavy atom. The molecule has 2 aliphatic carbocycles. The van der Waals surface area contributed by atoms with Crippen LogP contribution in [0.3, 0.4) is 0 Å². The van der Waals surface area contributed by atoms with Crippen molar-refractivity contribution < 1.29 is 0 Å². The zero-order chi connectivity index (χ0) is 12.8. The van der Waals surface area contributed by atoms with Crippen molar-refractivity contribution in [3.8, 4) is 0 Å². The minimum atomic E-state index is 0.532. The molecule has 1 atom stereocenters. The van der Waals surface area contributed by atoms with Gasteiger partial charge < -0.3 is 5.32 Å². The van der Waals surface area contributed by atoms with Crippen LogP contribution in [0.1, 0.15) is 29.5 Å². The van der Waals surface area contributed by atoms with Gasteiger partial charge in [0.15, 0.2) is 0 Å². The van der Waals surface area contributed by atoms with Gasteiger partial charge in [-0.1, -0.05) is 36.4 Å². The first-order valence-corrected chi connectivity index (χ1v) is 7.26. The van der Waals surface area contributed by atoms with E-state index in [2.05, 4.69) is 48.7 Å². The van der Waals surface area contributed by atoms with Crippen LogP contribution in [0, 0.1) is 6.92 Å². The molecular formula is C18H19N. The van der Waals surface area contributed by atoms with Crippen LogP contribution in [0.15, 0.2) is 47.6 Å². The zero-order valence-corrected chi connectivity index (χ0v) is 11.4. The summed E-state index contributed by atoms with van der Waals surface area (Å²) in [5.74, 6) is 0. The topological polar surface area (TPSA) is 12.0 Å². The third-order valence-corrected chi connectivity index (χ3v) is 4.64. The highest BCUT2D eigenvalue weighted by Gasteiger charge is 2.31. The van der Waals surface area contributed by atoms with E-state index in [-0.39, 0.29) is 0 Å². The highest BCUT2D eigenvalue weighted by molar-refractivity contribution is 5.81. The smallest absolute Gasteiger partial charge is 0.0367 e. The lowest BCUT2D eigenvalue weighted by Crippen LogP contribution is -2.41. The second kappa shape index (κ2) is 4.21. The lowest BCUT2D eigenvalue weighted by molar-refractivity contribution is 0.530. The molecule has 1 aromatic carbocycles. The highest BCUT2D eigenvalue weighted by Crippen LogP contribution is 2.42. The number of fused-ring (bicyclic) bond motifs is 2. The predicted molar refractivity (Wildman–Crippen MR) is 80.1 cm³/mol. The first-order chi connectivity index (χ1) is 9.34. The van der Waals surface area contributed by atoms with Crippen molar-refractivity contribution in [1.29, 1.82) is 0 Å². The minimum absolute atomic E-state index is 0.532. The summed E-state index contributed by atoms with van der Waals surface area (Å²) in [5.41, 5.74) is 9.19. The number of nitrogens with one attached hydrogen (secondary N) is 1. The number of aryl methyl sites for hydroxylation is 1. The van der Waals surface area contributed by atoms with Crippen molar-refractivity contribution in [3.05, 3.63) is 64.3 Å². The average Bonchev–Trinajstić information content (AvgIpc) is 2.63. The summed E-state index contributed by atoms with van der Waals surface area (Å²) in [5, 5.41) is 3.71. The van der Waals surface area contributed by atoms with Gasteiger partial charge in [-0.2, -0.15) is 0 Å². The van der Waals surface area contributed by atoms with E-state index in [1.807, 2.05) is 0 Å². The molecule has 0 saturated carbocycles. The van der Waals surface area contributed by atoms with Gasteiger partial charge in [-0.25, -0.2) is 0 Å². The molecular weight excluding hydrogens is 230 g/mol. The normalized spacial score (nSPS) is 24.5. The second-order valence-corrected chi connectivity index (χ2v) is 5.79. The van der Waals surface area contributed by atoms with E-state index in [1.165, 1.54) is 23.1 Å². The molecule has 0 amide bonds. The molecule has 0 spiro atoms. The molecule has 1 heterocycles. The number of piperidine rings is 1. The largest absolute Gasteiger partial charge is 0.309 e. The van der Waals surface area contributed by atoms with Crippen molar-refractivity contribution in [3.63, 3.8) is 0 Å². The summed E-state index contributed by atoms with van der Waals surface area (Å²) in [6.07, 6.45) is 10.3. The molecule has 3 aliphatic rings. The Bertz CT molecular complexity index is 631. The van der Waals surface area contributed by atoms with Crippen molar-refractivity contribution in [2.24, 2.45) is 0 Å². The quantitative estimate of drug-likeness (QED) is 0.741. The molecule has 0 aromatic heterocycles. The van der Waals surface area contributed by atoms with Gasteiger partial charge in [0.05, 0.1) is 0 Å². The summed E-state index contributed by atoms with van der Waals surface area (Å²) < 4.78 is 0. The van der Waals surface area contributed by atoms with Crippen LogP contribution in [-0.2, 0) is 6.42 Å². The summed E-state index contributed by atoms with van der Waals surface area (Å²) in [4.78, 5) is 0. The van der Waals surface area contributed by atoms with Crippen LogP contribution in [-0.4, -0.2) is 12.6 Å². The first-order valence-electron chi connectivity index (χ1n) is 7.26. The van der Waals surface area contributed by atoms with Gasteiger partial charge in [0.2, 0.25) is 0 Å². The molecule has 96 valence electrons. The van der Waals surface area contributed by atoms with Crippen molar-refractivity contribution in [1.82, 2.24) is 5.32 Å². The number of benzene rings is 1. The molecule has 1 N–H and O–H groups in total. The maximum atomic E-state index is 3.71. The molecule has 0 radical (unpaired) electrons. The van der Waals surface area contributed by atoms with Gasteiger partial charge in [-0.3, -0.25) is 0 Å². The van der Waals surface area contributed by atoms with E-state index in [4.69, 9.17) is 0 Å². The Morgan fingerprint density at radius 3 is 3.16 bits per heavy atom. The van der Waals surface area contributed by atoms with Crippen LogP contribution in [0.4, 0.5) is 0 Å². The Labute approximate surface area is 114 Å². The highest BCUT2D eigenvalue weighted by atomic mass is 14.9. The molecule has 1 saturated heterocycles. The van der Waals surface area contributed by atoms with Gasteiger partial charge in [0.1, 0.15) is 0 Å². The van der Waals surface area contributed by atoms with Gasteiger partial charge >= 0.3 is 0 Å². The van der Waals surface area contributed by atoms with Crippen molar-refractivity contribution in [2.75, 3.05) is 6.54 Å². The Morgan fingerprint density at radius 1 is 1.26 bits per heavy atom. The Hall–Kier alpha value is -1.60. The maximum absolute atomic E-state index is 3.71. The lowest BCUT2D eigenvalue weighted by atomic mass is 9.75. The second-order valence-electron chi connectivity index (χ2n) is 5.79. The minimum Gasteiger partial charge on any atom is -0.309 e. The van der Waals surface area contributed by atoms with E-state index >= 15 is 0 Å². The SMILES string of the molecule is Cc1cccc2c1C1=C3C(=CC=CC1)CCN[C@@H]3C2. The Balaban J connectivity index is 2.00. The van der Waals surface area contributed by atoms with Gasteiger partial charge in [0.25, 0.3) is 0 Å². The fourth-order valence-electron chi connectivity index (χ4n) is 3.86. The average molecular weight is 249 g/mol. The molecule has 1 aliphatic heterocycles. The zero-order valence-electron chi connectivity index (χ0n) is 11.4. The van der Waals surface area contributed by atoms with Gasteiger partial charge in [-0.05, 0) is 66.1 Å². The summed E-state index contributed by atoms with van der Waals surface area (Å²) in [6, 6.07) is 7.29. The van der Waals surface area contributed by atoms with Gasteiger partial charge in [-0.15, -0.1) is 0 Å². The van der Waals surface area contributed by atoms with Crippen molar-refractivity contribution >= 4 is 5.57 Å². The monoisotopic (exact) mass is 249 g/mol. The van der Waals surface area contributed by atoms with Crippen molar-refractivity contribution in [2.45, 2.75) is 32.2 Å². The van der Waals surface area contributed by atoms with Gasteiger partial charge in [0, 0.05) is 6.04 Å². The lowest BCUT2D eigenvalue weighted by Gasteiger charge is -2.36. The summed E-state index contributed by atoms with van der Waals surface area (Å²) >= 11 is 0. The predicted octanol–water partition coefficient (Wildman–Crippen LogP) is 3.55. The number of hydrogen-bond acceptors (Lipinski definition) is 1. The van der Waals surface area contributed by atoms with Crippen LogP contribution >= 0.6 is 0 Å². The maximum Gasteiger partial charge on any atom is 0.0367 e. The van der Waals surface area contributed by atoms with E-state index < -0.39 is 0 Å².